The first kappa shape index (κ1) is 23.4. The van der Waals surface area contributed by atoms with Crippen LogP contribution in [0.1, 0.15) is 46.0 Å². The second-order valence-corrected chi connectivity index (χ2v) is 11.6. The first-order chi connectivity index (χ1) is 15.0. The maximum atomic E-state index is 12.8. The van der Waals surface area contributed by atoms with E-state index in [2.05, 4.69) is 18.7 Å². The van der Waals surface area contributed by atoms with Gasteiger partial charge in [-0.2, -0.15) is 0 Å². The number of methoxy groups -OCH3 is 3. The van der Waals surface area contributed by atoms with Crippen LogP contribution >= 0.6 is 0 Å². The quantitative estimate of drug-likeness (QED) is 0.474. The van der Waals surface area contributed by atoms with Crippen LogP contribution in [0, 0.1) is 23.2 Å². The molecule has 8 heteroatoms. The number of likely N-dealkylation sites (N-methyl/N-ethyl adjacent to an activating group) is 1. The summed E-state index contributed by atoms with van der Waals surface area (Å²) in [6, 6.07) is -0.572. The first-order valence-corrected chi connectivity index (χ1v) is 12.2. The number of fused-ring (bicyclic) bond motifs is 5. The Morgan fingerprint density at radius 3 is 2.25 bits per heavy atom. The van der Waals surface area contributed by atoms with Gasteiger partial charge in [0.2, 0.25) is 0 Å². The zero-order valence-corrected chi connectivity index (χ0v) is 20.0. The Morgan fingerprint density at radius 2 is 1.66 bits per heavy atom. The van der Waals surface area contributed by atoms with E-state index in [4.69, 9.17) is 14.2 Å². The van der Waals surface area contributed by atoms with Gasteiger partial charge in [-0.1, -0.05) is 13.8 Å². The van der Waals surface area contributed by atoms with Crippen LogP contribution in [0.3, 0.4) is 0 Å². The molecule has 5 fully saturated rings. The largest absolute Gasteiger partial charge is 0.392 e. The van der Waals surface area contributed by atoms with Crippen LogP contribution in [0.2, 0.25) is 0 Å². The highest BCUT2D eigenvalue weighted by atomic mass is 16.5. The second-order valence-electron chi connectivity index (χ2n) is 11.6. The van der Waals surface area contributed by atoms with E-state index >= 15 is 0 Å². The molecule has 4 unspecified atom stereocenters. The number of rotatable bonds is 4. The monoisotopic (exact) mass is 455 g/mol. The van der Waals surface area contributed by atoms with Crippen molar-refractivity contribution >= 4 is 0 Å². The number of nitrogens with zero attached hydrogens (tertiary/aromatic N) is 1. The average Bonchev–Trinajstić information content (AvgIpc) is 2.93. The molecule has 3 saturated carbocycles. The molecule has 12 atom stereocenters. The maximum absolute atomic E-state index is 12.8. The molecule has 4 bridgehead atoms. The molecule has 2 saturated heterocycles. The summed E-state index contributed by atoms with van der Waals surface area (Å²) in [5, 5.41) is 49.1. The molecule has 0 radical (unpaired) electrons. The van der Waals surface area contributed by atoms with Gasteiger partial charge in [-0.05, 0) is 37.6 Å². The minimum atomic E-state index is -1.77. The van der Waals surface area contributed by atoms with Crippen LogP contribution in [0.15, 0.2) is 0 Å². The SMILES string of the molecule is CCN1C[C@]2(C)CC[C@H](OC)C3C1[C@@](O)([C@@H](OC)C2)[C@@]1(O)C[C@H](OC)C2C[C@]3(O)C1[C@H]2O. The maximum Gasteiger partial charge on any atom is 0.136 e. The molecular formula is C24H41NO7. The topological polar surface area (TPSA) is 112 Å². The second kappa shape index (κ2) is 7.34. The number of aliphatic hydroxyl groups is 4. The third-order valence-corrected chi connectivity index (χ3v) is 10.3. The average molecular weight is 456 g/mol. The van der Waals surface area contributed by atoms with Gasteiger partial charge in [-0.3, -0.25) is 4.90 Å². The molecular weight excluding hydrogens is 414 g/mol. The third kappa shape index (κ3) is 2.61. The lowest BCUT2D eigenvalue weighted by atomic mass is 9.48. The van der Waals surface area contributed by atoms with Crippen molar-refractivity contribution in [2.45, 2.75) is 93.2 Å². The summed E-state index contributed by atoms with van der Waals surface area (Å²) >= 11 is 0. The van der Waals surface area contributed by atoms with Gasteiger partial charge in [-0.25, -0.2) is 0 Å². The molecule has 2 heterocycles. The van der Waals surface area contributed by atoms with E-state index in [-0.39, 0.29) is 23.9 Å². The molecule has 8 nitrogen and oxygen atoms in total. The van der Waals surface area contributed by atoms with Crippen LogP contribution in [0.5, 0.6) is 0 Å². The molecule has 0 aromatic rings. The molecule has 5 rings (SSSR count). The Kier molecular flexibility index (Phi) is 5.37. The highest BCUT2D eigenvalue weighted by Crippen LogP contribution is 2.68. The van der Waals surface area contributed by atoms with Gasteiger partial charge in [0, 0.05) is 52.0 Å². The van der Waals surface area contributed by atoms with E-state index in [1.165, 1.54) is 0 Å². The fourth-order valence-electron chi connectivity index (χ4n) is 9.06. The van der Waals surface area contributed by atoms with Crippen molar-refractivity contribution in [3.05, 3.63) is 0 Å². The zero-order chi connectivity index (χ0) is 23.3. The van der Waals surface area contributed by atoms with Gasteiger partial charge < -0.3 is 34.6 Å². The summed E-state index contributed by atoms with van der Waals surface area (Å²) in [5.41, 5.74) is -4.99. The zero-order valence-electron chi connectivity index (χ0n) is 20.0. The molecule has 4 N–H and O–H groups in total. The number of hydrogen-bond donors (Lipinski definition) is 4. The van der Waals surface area contributed by atoms with Crippen molar-refractivity contribution in [1.82, 2.24) is 4.90 Å². The molecule has 184 valence electrons. The lowest BCUT2D eigenvalue weighted by Gasteiger charge is -2.67. The predicted octanol–water partition coefficient (Wildman–Crippen LogP) is 0.150. The third-order valence-electron chi connectivity index (χ3n) is 10.3. The minimum absolute atomic E-state index is 0.143. The molecule has 32 heavy (non-hydrogen) atoms. The van der Waals surface area contributed by atoms with E-state index in [9.17, 15) is 20.4 Å². The number of hydrogen-bond acceptors (Lipinski definition) is 8. The summed E-state index contributed by atoms with van der Waals surface area (Å²) in [4.78, 5) is 2.24. The minimum Gasteiger partial charge on any atom is -0.392 e. The molecule has 0 aromatic carbocycles. The van der Waals surface area contributed by atoms with E-state index in [0.717, 1.165) is 19.4 Å². The van der Waals surface area contributed by atoms with Crippen molar-refractivity contribution in [1.29, 1.82) is 0 Å². The highest BCUT2D eigenvalue weighted by molar-refractivity contribution is 5.33. The molecule has 0 amide bonds. The van der Waals surface area contributed by atoms with Gasteiger partial charge in [0.05, 0.1) is 36.1 Å². The summed E-state index contributed by atoms with van der Waals surface area (Å²) in [6.07, 6.45) is 0.286. The highest BCUT2D eigenvalue weighted by Gasteiger charge is 2.82. The van der Waals surface area contributed by atoms with E-state index in [1.807, 2.05) is 0 Å². The van der Waals surface area contributed by atoms with E-state index in [0.29, 0.717) is 19.4 Å². The van der Waals surface area contributed by atoms with Crippen LogP contribution in [-0.4, -0.2) is 107 Å². The van der Waals surface area contributed by atoms with Crippen molar-refractivity contribution in [2.75, 3.05) is 34.4 Å². The summed E-state index contributed by atoms with van der Waals surface area (Å²) in [6.45, 7) is 5.70. The van der Waals surface area contributed by atoms with E-state index in [1.54, 1.807) is 21.3 Å². The predicted molar refractivity (Wildman–Crippen MR) is 116 cm³/mol. The van der Waals surface area contributed by atoms with Crippen LogP contribution in [0.25, 0.3) is 0 Å². The van der Waals surface area contributed by atoms with Gasteiger partial charge in [-0.15, -0.1) is 0 Å². The Labute approximate surface area is 190 Å². The van der Waals surface area contributed by atoms with Crippen molar-refractivity contribution in [3.8, 4) is 0 Å². The van der Waals surface area contributed by atoms with Gasteiger partial charge in [0.15, 0.2) is 0 Å². The van der Waals surface area contributed by atoms with Gasteiger partial charge in [0.25, 0.3) is 0 Å². The van der Waals surface area contributed by atoms with Crippen LogP contribution < -0.4 is 0 Å². The first-order valence-electron chi connectivity index (χ1n) is 12.2. The Bertz CT molecular complexity index is 754. The fraction of sp³-hybridized carbons (Fsp3) is 1.00. The number of ether oxygens (including phenoxy) is 3. The normalized spacial score (nSPS) is 59.5. The van der Waals surface area contributed by atoms with Crippen LogP contribution in [0.4, 0.5) is 0 Å². The molecule has 3 aliphatic carbocycles. The summed E-state index contributed by atoms with van der Waals surface area (Å²) in [5.74, 6) is -1.67. The fourth-order valence-corrected chi connectivity index (χ4v) is 9.06. The Balaban J connectivity index is 1.82. The Hall–Kier alpha value is -0.320. The van der Waals surface area contributed by atoms with E-state index < -0.39 is 53.0 Å². The summed E-state index contributed by atoms with van der Waals surface area (Å²) in [7, 11) is 4.84. The van der Waals surface area contributed by atoms with Gasteiger partial charge >= 0.3 is 0 Å². The molecule has 0 spiro atoms. The molecule has 0 aromatic heterocycles. The van der Waals surface area contributed by atoms with Crippen molar-refractivity contribution in [2.24, 2.45) is 23.2 Å². The summed E-state index contributed by atoms with van der Waals surface area (Å²) < 4.78 is 17.8. The number of aliphatic hydroxyl groups excluding tert-OH is 1. The van der Waals surface area contributed by atoms with Crippen molar-refractivity contribution < 1.29 is 34.6 Å². The lowest BCUT2D eigenvalue weighted by molar-refractivity contribution is -0.345. The lowest BCUT2D eigenvalue weighted by Crippen LogP contribution is -2.84. The molecule has 2 aliphatic heterocycles. The Morgan fingerprint density at radius 1 is 0.969 bits per heavy atom. The smallest absolute Gasteiger partial charge is 0.136 e. The van der Waals surface area contributed by atoms with Crippen LogP contribution in [-0.2, 0) is 14.2 Å². The van der Waals surface area contributed by atoms with Crippen molar-refractivity contribution in [3.63, 3.8) is 0 Å². The standard InChI is InChI=1S/C24H41NO7/c1-6-25-12-21(2)8-7-14(30-3)17-20(25)24(29,16(11-21)32-5)23(28)10-15(31-4)13-9-22(17,27)19(23)18(13)26/h13-20,26-29H,6-12H2,1-5H3/t13?,14-,15-,16-,17?,18-,19?,20?,21+,22+,23+,24-/m0/s1. The van der Waals surface area contributed by atoms with Gasteiger partial charge in [0.1, 0.15) is 11.2 Å². The molecule has 5 aliphatic rings.